The van der Waals surface area contributed by atoms with Gasteiger partial charge in [-0.3, -0.25) is 19.4 Å². The van der Waals surface area contributed by atoms with Gasteiger partial charge in [0.05, 0.1) is 24.8 Å². The van der Waals surface area contributed by atoms with E-state index in [1.54, 1.807) is 43.5 Å². The van der Waals surface area contributed by atoms with Gasteiger partial charge < -0.3 is 4.74 Å². The summed E-state index contributed by atoms with van der Waals surface area (Å²) >= 11 is 3.39. The summed E-state index contributed by atoms with van der Waals surface area (Å²) in [6.45, 7) is 1.90. The molecule has 0 saturated carbocycles. The molecule has 0 aromatic heterocycles. The molecule has 34 heavy (non-hydrogen) atoms. The Kier molecular flexibility index (Phi) is 5.71. The molecule has 3 atom stereocenters. The highest BCUT2D eigenvalue weighted by atomic mass is 79.9. The van der Waals surface area contributed by atoms with Crippen molar-refractivity contribution in [3.63, 3.8) is 0 Å². The number of rotatable bonds is 4. The fourth-order valence-corrected chi connectivity index (χ4v) is 5.07. The van der Waals surface area contributed by atoms with Crippen molar-refractivity contribution in [3.05, 3.63) is 94.0 Å². The van der Waals surface area contributed by atoms with Crippen LogP contribution >= 0.6 is 15.9 Å². The minimum atomic E-state index is -0.976. The third kappa shape index (κ3) is 3.69. The number of anilines is 1. The predicted molar refractivity (Wildman–Crippen MR) is 130 cm³/mol. The van der Waals surface area contributed by atoms with Crippen LogP contribution in [-0.2, 0) is 9.59 Å². The van der Waals surface area contributed by atoms with Gasteiger partial charge in [0.15, 0.2) is 0 Å². The molecule has 2 saturated heterocycles. The second kappa shape index (κ2) is 8.70. The number of halogens is 1. The molecule has 1 N–H and O–H groups in total. The van der Waals surface area contributed by atoms with Gasteiger partial charge in [-0.25, -0.2) is 10.3 Å². The van der Waals surface area contributed by atoms with E-state index in [9.17, 15) is 14.4 Å². The molecule has 2 fully saturated rings. The highest BCUT2D eigenvalue weighted by Crippen LogP contribution is 2.43. The maximum Gasteiger partial charge on any atom is 0.268 e. The zero-order valence-corrected chi connectivity index (χ0v) is 20.2. The van der Waals surface area contributed by atoms with Crippen molar-refractivity contribution in [2.75, 3.05) is 12.0 Å². The summed E-state index contributed by atoms with van der Waals surface area (Å²) in [5.41, 5.74) is 5.76. The van der Waals surface area contributed by atoms with Gasteiger partial charge in [-0.05, 0) is 60.5 Å². The molecule has 0 bridgehead atoms. The van der Waals surface area contributed by atoms with Crippen LogP contribution in [-0.4, -0.2) is 35.9 Å². The smallest absolute Gasteiger partial charge is 0.268 e. The lowest BCUT2D eigenvalue weighted by Crippen LogP contribution is -2.48. The Bertz CT molecular complexity index is 1310. The molecule has 3 aromatic carbocycles. The minimum absolute atomic E-state index is 0.342. The van der Waals surface area contributed by atoms with E-state index in [0.29, 0.717) is 17.0 Å². The fraction of sp³-hybridized carbons (Fsp3) is 0.192. The van der Waals surface area contributed by atoms with Crippen LogP contribution in [0.15, 0.2) is 77.3 Å². The van der Waals surface area contributed by atoms with Crippen molar-refractivity contribution in [2.45, 2.75) is 19.0 Å². The van der Waals surface area contributed by atoms with Gasteiger partial charge in [-0.2, -0.15) is 0 Å². The van der Waals surface area contributed by atoms with Gasteiger partial charge in [-0.15, -0.1) is 0 Å². The number of nitrogens with one attached hydrogen (secondary N) is 1. The van der Waals surface area contributed by atoms with Gasteiger partial charge in [-0.1, -0.05) is 46.3 Å². The number of carbonyl (C=O) groups is 3. The van der Waals surface area contributed by atoms with Crippen LogP contribution in [0, 0.1) is 12.8 Å². The molecule has 3 aromatic rings. The number of methoxy groups -OCH3 is 1. The summed E-state index contributed by atoms with van der Waals surface area (Å²) in [6, 6.07) is 19.9. The number of nitrogens with zero attached hydrogens (tertiary/aromatic N) is 2. The molecular formula is C26H22BrN3O4. The van der Waals surface area contributed by atoms with E-state index in [-0.39, 0.29) is 11.8 Å². The third-order valence-electron chi connectivity index (χ3n) is 6.24. The van der Waals surface area contributed by atoms with Crippen molar-refractivity contribution in [2.24, 2.45) is 5.92 Å². The molecule has 2 aliphatic heterocycles. The second-order valence-electron chi connectivity index (χ2n) is 8.39. The number of benzene rings is 3. The minimum Gasteiger partial charge on any atom is -0.497 e. The molecule has 2 heterocycles. The Morgan fingerprint density at radius 3 is 2.47 bits per heavy atom. The summed E-state index contributed by atoms with van der Waals surface area (Å²) in [5, 5.41) is 1.31. The molecule has 0 radical (unpaired) electrons. The quantitative estimate of drug-likeness (QED) is 0.526. The first kappa shape index (κ1) is 22.3. The Hall–Kier alpha value is -3.49. The van der Waals surface area contributed by atoms with E-state index in [2.05, 4.69) is 21.4 Å². The fourth-order valence-electron chi connectivity index (χ4n) is 4.67. The molecule has 172 valence electrons. The van der Waals surface area contributed by atoms with Crippen molar-refractivity contribution in [1.29, 1.82) is 0 Å². The highest BCUT2D eigenvalue weighted by molar-refractivity contribution is 9.10. The van der Waals surface area contributed by atoms with E-state index < -0.39 is 23.9 Å². The van der Waals surface area contributed by atoms with Gasteiger partial charge in [0.2, 0.25) is 5.91 Å². The van der Waals surface area contributed by atoms with Crippen molar-refractivity contribution < 1.29 is 19.1 Å². The molecule has 0 unspecified atom stereocenters. The Morgan fingerprint density at radius 1 is 0.971 bits per heavy atom. The number of amides is 3. The van der Waals surface area contributed by atoms with Gasteiger partial charge in [0, 0.05) is 10.0 Å². The summed E-state index contributed by atoms with van der Waals surface area (Å²) in [4.78, 5) is 42.1. The van der Waals surface area contributed by atoms with E-state index >= 15 is 0 Å². The number of hydrogen-bond acceptors (Lipinski definition) is 5. The van der Waals surface area contributed by atoms with Gasteiger partial charge in [0.25, 0.3) is 11.8 Å². The Morgan fingerprint density at radius 2 is 1.74 bits per heavy atom. The van der Waals surface area contributed by atoms with Crippen molar-refractivity contribution in [1.82, 2.24) is 10.4 Å². The van der Waals surface area contributed by atoms with E-state index in [1.165, 1.54) is 9.91 Å². The lowest BCUT2D eigenvalue weighted by molar-refractivity contribution is -0.123. The topological polar surface area (TPSA) is 79.0 Å². The number of hydrogen-bond donors (Lipinski definition) is 1. The SMILES string of the molecule is COc1cccc([C@@H]2NN(C(=O)c3cccc(Br)c3)[C@@H]3C(=O)N(c4cccc(C)c4)C(=O)[C@@H]32)c1. The number of carbonyl (C=O) groups excluding carboxylic acids is 3. The lowest BCUT2D eigenvalue weighted by Gasteiger charge is -2.25. The summed E-state index contributed by atoms with van der Waals surface area (Å²) in [5.74, 6) is -1.31. The number of ether oxygens (including phenoxy) is 1. The van der Waals surface area contributed by atoms with Gasteiger partial charge >= 0.3 is 0 Å². The van der Waals surface area contributed by atoms with Crippen LogP contribution in [0.3, 0.4) is 0 Å². The summed E-state index contributed by atoms with van der Waals surface area (Å²) in [7, 11) is 1.57. The van der Waals surface area contributed by atoms with Crippen LogP contribution in [0.4, 0.5) is 5.69 Å². The zero-order chi connectivity index (χ0) is 24.0. The average molecular weight is 520 g/mol. The molecule has 0 spiro atoms. The highest BCUT2D eigenvalue weighted by Gasteiger charge is 2.60. The third-order valence-corrected chi connectivity index (χ3v) is 6.73. The summed E-state index contributed by atoms with van der Waals surface area (Å²) < 4.78 is 6.10. The van der Waals surface area contributed by atoms with E-state index in [4.69, 9.17) is 4.74 Å². The molecule has 5 rings (SSSR count). The molecule has 8 heteroatoms. The first-order valence-corrected chi connectivity index (χ1v) is 11.6. The largest absolute Gasteiger partial charge is 0.497 e. The number of fused-ring (bicyclic) bond motifs is 1. The van der Waals surface area contributed by atoms with Crippen LogP contribution in [0.25, 0.3) is 0 Å². The number of hydrazine groups is 1. The second-order valence-corrected chi connectivity index (χ2v) is 9.31. The lowest BCUT2D eigenvalue weighted by atomic mass is 9.90. The Balaban J connectivity index is 1.60. The standard InChI is InChI=1S/C26H22BrN3O4/c1-15-6-3-10-19(12-15)29-25(32)21-22(16-7-5-11-20(14-16)34-2)28-30(23(21)26(29)33)24(31)17-8-4-9-18(27)13-17/h3-14,21-23,28H,1-2H3/t21-,22+,23+/m1/s1. The maximum absolute atomic E-state index is 13.7. The molecule has 2 aliphatic rings. The van der Waals surface area contributed by atoms with Crippen LogP contribution in [0.2, 0.25) is 0 Å². The van der Waals surface area contributed by atoms with Crippen LogP contribution in [0.5, 0.6) is 5.75 Å². The molecule has 3 amide bonds. The monoisotopic (exact) mass is 519 g/mol. The predicted octanol–water partition coefficient (Wildman–Crippen LogP) is 4.03. The van der Waals surface area contributed by atoms with Gasteiger partial charge in [0.1, 0.15) is 11.8 Å². The van der Waals surface area contributed by atoms with Crippen LogP contribution in [0.1, 0.15) is 27.5 Å². The Labute approximate surface area is 205 Å². The first-order valence-electron chi connectivity index (χ1n) is 10.8. The number of aryl methyl sites for hydroxylation is 1. The molecular weight excluding hydrogens is 498 g/mol. The van der Waals surface area contributed by atoms with Crippen molar-refractivity contribution >= 4 is 39.3 Å². The maximum atomic E-state index is 13.7. The molecule has 0 aliphatic carbocycles. The van der Waals surface area contributed by atoms with E-state index in [0.717, 1.165) is 15.6 Å². The van der Waals surface area contributed by atoms with E-state index in [1.807, 2.05) is 43.3 Å². The number of imide groups is 1. The first-order chi connectivity index (χ1) is 16.4. The van der Waals surface area contributed by atoms with Crippen molar-refractivity contribution in [3.8, 4) is 5.75 Å². The average Bonchev–Trinajstić information content (AvgIpc) is 3.35. The zero-order valence-electron chi connectivity index (χ0n) is 18.6. The molecule has 7 nitrogen and oxygen atoms in total. The van der Waals surface area contributed by atoms with Crippen LogP contribution < -0.4 is 15.1 Å². The summed E-state index contributed by atoms with van der Waals surface area (Å²) in [6.07, 6.45) is 0. The normalized spacial score (nSPS) is 21.7.